The van der Waals surface area contributed by atoms with Crippen molar-refractivity contribution in [1.29, 1.82) is 0 Å². The molecule has 3 heteroatoms. The van der Waals surface area contributed by atoms with Gasteiger partial charge in [0.2, 0.25) is 0 Å². The first-order valence-electron chi connectivity index (χ1n) is 4.47. The molecule has 2 aromatic rings. The molecule has 14 heavy (non-hydrogen) atoms. The van der Waals surface area contributed by atoms with E-state index in [1.807, 2.05) is 17.8 Å². The molecule has 1 aromatic heterocycles. The first-order chi connectivity index (χ1) is 6.81. The molecule has 0 amide bonds. The van der Waals surface area contributed by atoms with E-state index in [4.69, 9.17) is 12.2 Å². The molecule has 0 spiro atoms. The summed E-state index contributed by atoms with van der Waals surface area (Å²) in [4.78, 5) is 0. The van der Waals surface area contributed by atoms with Crippen LogP contribution in [-0.4, -0.2) is 5.75 Å². The average Bonchev–Trinajstić information content (AvgIpc) is 2.18. The summed E-state index contributed by atoms with van der Waals surface area (Å²) in [6, 6.07) is 10.5. The van der Waals surface area contributed by atoms with Gasteiger partial charge in [-0.3, -0.25) is 0 Å². The summed E-state index contributed by atoms with van der Waals surface area (Å²) < 4.78 is 2.32. The number of rotatable bonds is 2. The lowest BCUT2D eigenvalue weighted by molar-refractivity contribution is 1.51. The van der Waals surface area contributed by atoms with E-state index in [2.05, 4.69) is 31.2 Å². The Hall–Kier alpha value is -0.380. The number of hydrogen-bond donors (Lipinski definition) is 0. The molecule has 0 N–H and O–H groups in total. The van der Waals surface area contributed by atoms with E-state index in [0.29, 0.717) is 0 Å². The second-order valence-electron chi connectivity index (χ2n) is 2.87. The fourth-order valence-corrected chi connectivity index (χ4v) is 3.94. The monoisotopic (exact) mass is 238 g/mol. The van der Waals surface area contributed by atoms with Gasteiger partial charge < -0.3 is 0 Å². The molecule has 0 aliphatic carbocycles. The minimum absolute atomic E-state index is 0.999. The molecule has 0 nitrogen and oxygen atoms in total. The first-order valence-corrected chi connectivity index (χ1v) is 6.68. The molecule has 0 bridgehead atoms. The molecule has 1 aromatic carbocycles. The summed E-state index contributed by atoms with van der Waals surface area (Å²) >= 11 is 8.93. The Morgan fingerprint density at radius 1 is 1.36 bits per heavy atom. The zero-order valence-electron chi connectivity index (χ0n) is 7.82. The molecule has 1 heterocycles. The summed E-state index contributed by atoms with van der Waals surface area (Å²) in [5, 5.41) is 2.46. The molecule has 0 saturated carbocycles. The van der Waals surface area contributed by atoms with Gasteiger partial charge in [-0.2, -0.15) is 0 Å². The second kappa shape index (κ2) is 4.43. The van der Waals surface area contributed by atoms with Crippen molar-refractivity contribution >= 4 is 46.1 Å². The van der Waals surface area contributed by atoms with Gasteiger partial charge in [0.15, 0.2) is 0 Å². The van der Waals surface area contributed by atoms with Crippen molar-refractivity contribution in [1.82, 2.24) is 0 Å². The van der Waals surface area contributed by atoms with Crippen molar-refractivity contribution < 1.29 is 0 Å². The maximum atomic E-state index is 5.36. The number of hydrogen-bond acceptors (Lipinski definition) is 3. The molecular weight excluding hydrogens is 228 g/mol. The number of benzene rings is 1. The third-order valence-corrected chi connectivity index (χ3v) is 4.42. The maximum Gasteiger partial charge on any atom is 0.0989 e. The highest BCUT2D eigenvalue weighted by atomic mass is 32.2. The van der Waals surface area contributed by atoms with Crippen molar-refractivity contribution in [3.8, 4) is 0 Å². The molecule has 0 aliphatic rings. The van der Waals surface area contributed by atoms with Crippen LogP contribution >= 0.6 is 35.3 Å². The lowest BCUT2D eigenvalue weighted by Crippen LogP contribution is -1.74. The van der Waals surface area contributed by atoms with Crippen LogP contribution in [0.4, 0.5) is 0 Å². The molecule has 0 atom stereocenters. The largest absolute Gasteiger partial charge is 0.117 e. The van der Waals surface area contributed by atoms with Crippen molar-refractivity contribution in [2.45, 2.75) is 11.1 Å². The highest BCUT2D eigenvalue weighted by molar-refractivity contribution is 8.01. The lowest BCUT2D eigenvalue weighted by Gasteiger charge is -2.00. The van der Waals surface area contributed by atoms with Crippen LogP contribution in [0.3, 0.4) is 0 Å². The van der Waals surface area contributed by atoms with Gasteiger partial charge in [0.25, 0.3) is 0 Å². The van der Waals surface area contributed by atoms with Crippen molar-refractivity contribution in [3.63, 3.8) is 0 Å². The Kier molecular flexibility index (Phi) is 3.21. The highest BCUT2D eigenvalue weighted by Crippen LogP contribution is 2.29. The quantitative estimate of drug-likeness (QED) is 0.547. The van der Waals surface area contributed by atoms with E-state index in [9.17, 15) is 0 Å². The molecule has 0 fully saturated rings. The van der Waals surface area contributed by atoms with E-state index in [-0.39, 0.29) is 0 Å². The standard InChI is InChI=1S/C11H10S3/c1-2-13-10-7-8-5-3-4-6-9(8)11(12)14-10/h3-7H,2H2,1H3. The Labute approximate surface area is 97.0 Å². The second-order valence-corrected chi connectivity index (χ2v) is 6.16. The van der Waals surface area contributed by atoms with Crippen molar-refractivity contribution in [3.05, 3.63) is 34.2 Å². The summed E-state index contributed by atoms with van der Waals surface area (Å²) in [6.45, 7) is 2.16. The predicted molar refractivity (Wildman–Crippen MR) is 69.1 cm³/mol. The van der Waals surface area contributed by atoms with Gasteiger partial charge >= 0.3 is 0 Å². The Bertz CT molecular complexity index is 499. The average molecular weight is 238 g/mol. The van der Waals surface area contributed by atoms with Gasteiger partial charge in [0.1, 0.15) is 0 Å². The summed E-state index contributed by atoms with van der Waals surface area (Å²) in [6.07, 6.45) is 0. The molecule has 2 rings (SSSR count). The molecule has 0 saturated heterocycles. The fourth-order valence-electron chi connectivity index (χ4n) is 1.32. The first kappa shape index (κ1) is 10.1. The number of fused-ring (bicyclic) bond motifs is 1. The van der Waals surface area contributed by atoms with Crippen LogP contribution in [0.2, 0.25) is 0 Å². The normalized spacial score (nSPS) is 10.6. The van der Waals surface area contributed by atoms with E-state index < -0.39 is 0 Å². The van der Waals surface area contributed by atoms with Gasteiger partial charge in [-0.1, -0.05) is 43.4 Å². The van der Waals surface area contributed by atoms with Gasteiger partial charge in [0, 0.05) is 5.39 Å². The SMILES string of the molecule is CCSc1cc2ccccc2c(=S)s1. The predicted octanol–water partition coefficient (Wildman–Crippen LogP) is 4.74. The van der Waals surface area contributed by atoms with Gasteiger partial charge in [0.05, 0.1) is 8.03 Å². The van der Waals surface area contributed by atoms with E-state index in [0.717, 1.165) is 9.58 Å². The van der Waals surface area contributed by atoms with Crippen molar-refractivity contribution in [2.75, 3.05) is 5.75 Å². The summed E-state index contributed by atoms with van der Waals surface area (Å²) in [7, 11) is 0. The van der Waals surface area contributed by atoms with E-state index >= 15 is 0 Å². The molecule has 0 radical (unpaired) electrons. The van der Waals surface area contributed by atoms with E-state index in [1.165, 1.54) is 15.0 Å². The van der Waals surface area contributed by atoms with Gasteiger partial charge in [-0.25, -0.2) is 0 Å². The maximum absolute atomic E-state index is 5.36. The molecule has 0 aliphatic heterocycles. The lowest BCUT2D eigenvalue weighted by atomic mass is 10.2. The van der Waals surface area contributed by atoms with Crippen LogP contribution in [0, 0.1) is 3.82 Å². The van der Waals surface area contributed by atoms with Crippen LogP contribution < -0.4 is 0 Å². The van der Waals surface area contributed by atoms with Crippen LogP contribution in [0.25, 0.3) is 10.8 Å². The molecular formula is C11H10S3. The third-order valence-electron chi connectivity index (χ3n) is 1.93. The molecule has 72 valence electrons. The minimum atomic E-state index is 0.999. The van der Waals surface area contributed by atoms with Crippen LogP contribution in [0.5, 0.6) is 0 Å². The Balaban J connectivity index is 2.66. The summed E-state index contributed by atoms with van der Waals surface area (Å²) in [5.74, 6) is 1.10. The van der Waals surface area contributed by atoms with E-state index in [1.54, 1.807) is 11.3 Å². The minimum Gasteiger partial charge on any atom is -0.117 e. The third kappa shape index (κ3) is 2.00. The summed E-state index contributed by atoms with van der Waals surface area (Å²) in [5.41, 5.74) is 0. The highest BCUT2D eigenvalue weighted by Gasteiger charge is 1.98. The van der Waals surface area contributed by atoms with Crippen LogP contribution in [-0.2, 0) is 0 Å². The van der Waals surface area contributed by atoms with Crippen molar-refractivity contribution in [2.24, 2.45) is 0 Å². The zero-order chi connectivity index (χ0) is 9.97. The topological polar surface area (TPSA) is 0 Å². The van der Waals surface area contributed by atoms with Crippen LogP contribution in [0.15, 0.2) is 34.5 Å². The Morgan fingerprint density at radius 3 is 2.93 bits per heavy atom. The molecule has 0 unspecified atom stereocenters. The van der Waals surface area contributed by atoms with Crippen LogP contribution in [0.1, 0.15) is 6.92 Å². The Morgan fingerprint density at radius 2 is 2.14 bits per heavy atom. The van der Waals surface area contributed by atoms with Gasteiger partial charge in [-0.15, -0.1) is 23.1 Å². The van der Waals surface area contributed by atoms with Gasteiger partial charge in [-0.05, 0) is 17.2 Å². The number of thioether (sulfide) groups is 1. The zero-order valence-corrected chi connectivity index (χ0v) is 10.3. The smallest absolute Gasteiger partial charge is 0.0989 e. The fraction of sp³-hybridized carbons (Fsp3) is 0.182.